The smallest absolute Gasteiger partial charge is 0.0449 e. The SMILES string of the molecule is CCCCC(CC)C(Cc1ccc(Br)cc1Cl)NCC. The van der Waals surface area contributed by atoms with Crippen molar-refractivity contribution in [1.29, 1.82) is 0 Å². The van der Waals surface area contributed by atoms with Gasteiger partial charge in [0.1, 0.15) is 0 Å². The number of hydrogen-bond acceptors (Lipinski definition) is 1. The van der Waals surface area contributed by atoms with Crippen molar-refractivity contribution in [2.24, 2.45) is 5.92 Å². The van der Waals surface area contributed by atoms with Crippen LogP contribution in [0.2, 0.25) is 5.02 Å². The summed E-state index contributed by atoms with van der Waals surface area (Å²) in [5.74, 6) is 0.731. The third-order valence-electron chi connectivity index (χ3n) is 3.94. The van der Waals surface area contributed by atoms with Gasteiger partial charge in [0.25, 0.3) is 0 Å². The van der Waals surface area contributed by atoms with E-state index in [-0.39, 0.29) is 0 Å². The molecule has 2 unspecified atom stereocenters. The molecule has 1 N–H and O–H groups in total. The molecular weight excluding hydrogens is 334 g/mol. The van der Waals surface area contributed by atoms with Crippen molar-refractivity contribution in [2.75, 3.05) is 6.54 Å². The first kappa shape index (κ1) is 18.0. The minimum absolute atomic E-state index is 0.523. The number of rotatable bonds is 9. The molecule has 0 saturated heterocycles. The zero-order chi connectivity index (χ0) is 15.0. The van der Waals surface area contributed by atoms with Crippen LogP contribution in [-0.4, -0.2) is 12.6 Å². The number of likely N-dealkylation sites (N-methyl/N-ethyl adjacent to an activating group) is 1. The van der Waals surface area contributed by atoms with E-state index in [1.165, 1.54) is 31.2 Å². The first-order valence-electron chi connectivity index (χ1n) is 7.79. The quantitative estimate of drug-likeness (QED) is 0.583. The summed E-state index contributed by atoms with van der Waals surface area (Å²) in [6.45, 7) is 7.76. The van der Waals surface area contributed by atoms with Crippen LogP contribution in [0, 0.1) is 5.92 Å². The van der Waals surface area contributed by atoms with E-state index >= 15 is 0 Å². The summed E-state index contributed by atoms with van der Waals surface area (Å²) in [5.41, 5.74) is 1.25. The Labute approximate surface area is 137 Å². The van der Waals surface area contributed by atoms with Crippen molar-refractivity contribution in [3.63, 3.8) is 0 Å². The maximum absolute atomic E-state index is 6.37. The largest absolute Gasteiger partial charge is 0.314 e. The summed E-state index contributed by atoms with van der Waals surface area (Å²) >= 11 is 9.84. The first-order valence-corrected chi connectivity index (χ1v) is 8.96. The Morgan fingerprint density at radius 3 is 2.55 bits per heavy atom. The molecule has 0 bridgehead atoms. The lowest BCUT2D eigenvalue weighted by atomic mass is 9.87. The average molecular weight is 361 g/mol. The van der Waals surface area contributed by atoms with Gasteiger partial charge in [0.15, 0.2) is 0 Å². The van der Waals surface area contributed by atoms with E-state index in [0.29, 0.717) is 6.04 Å². The summed E-state index contributed by atoms with van der Waals surface area (Å²) in [4.78, 5) is 0. The summed E-state index contributed by atoms with van der Waals surface area (Å²) in [5, 5.41) is 4.53. The topological polar surface area (TPSA) is 12.0 Å². The fourth-order valence-electron chi connectivity index (χ4n) is 2.75. The Balaban J connectivity index is 2.78. The van der Waals surface area contributed by atoms with Gasteiger partial charge in [-0.1, -0.05) is 73.6 Å². The molecule has 0 saturated carbocycles. The maximum Gasteiger partial charge on any atom is 0.0449 e. The second-order valence-electron chi connectivity index (χ2n) is 5.41. The van der Waals surface area contributed by atoms with E-state index in [2.05, 4.69) is 54.2 Å². The molecular formula is C17H27BrClN. The van der Waals surface area contributed by atoms with Gasteiger partial charge in [-0.15, -0.1) is 0 Å². The maximum atomic E-state index is 6.37. The standard InChI is InChI=1S/C17H27BrClN/c1-4-7-8-13(5-2)17(20-6-3)11-14-9-10-15(18)12-16(14)19/h9-10,12-13,17,20H,4-8,11H2,1-3H3. The van der Waals surface area contributed by atoms with Crippen molar-refractivity contribution in [3.05, 3.63) is 33.3 Å². The molecule has 0 heterocycles. The lowest BCUT2D eigenvalue weighted by Gasteiger charge is -2.27. The predicted octanol–water partition coefficient (Wildman–Crippen LogP) is 5.84. The normalized spacial score (nSPS) is 14.2. The van der Waals surface area contributed by atoms with Crippen LogP contribution in [-0.2, 0) is 6.42 Å². The second kappa shape index (κ2) is 9.81. The highest BCUT2D eigenvalue weighted by atomic mass is 79.9. The van der Waals surface area contributed by atoms with Gasteiger partial charge >= 0.3 is 0 Å². The van der Waals surface area contributed by atoms with Gasteiger partial charge in [-0.25, -0.2) is 0 Å². The molecule has 1 aromatic rings. The van der Waals surface area contributed by atoms with Gasteiger partial charge in [0.05, 0.1) is 0 Å². The molecule has 1 rings (SSSR count). The summed E-state index contributed by atoms with van der Waals surface area (Å²) in [6, 6.07) is 6.74. The second-order valence-corrected chi connectivity index (χ2v) is 6.74. The van der Waals surface area contributed by atoms with Crippen molar-refractivity contribution < 1.29 is 0 Å². The van der Waals surface area contributed by atoms with Crippen LogP contribution in [0.4, 0.5) is 0 Å². The zero-order valence-electron chi connectivity index (χ0n) is 12.9. The van der Waals surface area contributed by atoms with Gasteiger partial charge in [0.2, 0.25) is 0 Å². The molecule has 0 aromatic heterocycles. The molecule has 0 radical (unpaired) electrons. The molecule has 0 amide bonds. The Morgan fingerprint density at radius 1 is 1.25 bits per heavy atom. The average Bonchev–Trinajstić information content (AvgIpc) is 2.42. The molecule has 0 spiro atoms. The van der Waals surface area contributed by atoms with Crippen molar-refractivity contribution in [1.82, 2.24) is 5.32 Å². The monoisotopic (exact) mass is 359 g/mol. The van der Waals surface area contributed by atoms with E-state index in [4.69, 9.17) is 11.6 Å². The Bertz CT molecular complexity index is 395. The molecule has 0 aliphatic heterocycles. The lowest BCUT2D eigenvalue weighted by molar-refractivity contribution is 0.319. The number of benzene rings is 1. The highest BCUT2D eigenvalue weighted by Gasteiger charge is 2.20. The fourth-order valence-corrected chi connectivity index (χ4v) is 3.50. The summed E-state index contributed by atoms with van der Waals surface area (Å²) < 4.78 is 1.05. The minimum atomic E-state index is 0.523. The number of hydrogen-bond donors (Lipinski definition) is 1. The van der Waals surface area contributed by atoms with E-state index in [1.807, 2.05) is 6.07 Å². The summed E-state index contributed by atoms with van der Waals surface area (Å²) in [6.07, 6.45) is 6.13. The van der Waals surface area contributed by atoms with Crippen molar-refractivity contribution in [2.45, 2.75) is 58.9 Å². The van der Waals surface area contributed by atoms with Gasteiger partial charge < -0.3 is 5.32 Å². The number of nitrogens with one attached hydrogen (secondary N) is 1. The number of halogens is 2. The highest BCUT2D eigenvalue weighted by Crippen LogP contribution is 2.26. The molecule has 0 aliphatic carbocycles. The fraction of sp³-hybridized carbons (Fsp3) is 0.647. The van der Waals surface area contributed by atoms with E-state index < -0.39 is 0 Å². The van der Waals surface area contributed by atoms with Crippen LogP contribution in [0.25, 0.3) is 0 Å². The van der Waals surface area contributed by atoms with E-state index in [9.17, 15) is 0 Å². The predicted molar refractivity (Wildman–Crippen MR) is 93.6 cm³/mol. The van der Waals surface area contributed by atoms with Crippen molar-refractivity contribution in [3.8, 4) is 0 Å². The Kier molecular flexibility index (Phi) is 8.83. The van der Waals surface area contributed by atoms with Crippen LogP contribution in [0.3, 0.4) is 0 Å². The van der Waals surface area contributed by atoms with Gasteiger partial charge in [-0.3, -0.25) is 0 Å². The Hall–Kier alpha value is -0.0500. The molecule has 0 fully saturated rings. The van der Waals surface area contributed by atoms with E-state index in [1.54, 1.807) is 0 Å². The Morgan fingerprint density at radius 2 is 2.00 bits per heavy atom. The molecule has 1 nitrogen and oxygen atoms in total. The highest BCUT2D eigenvalue weighted by molar-refractivity contribution is 9.10. The molecule has 3 heteroatoms. The third kappa shape index (κ3) is 5.75. The van der Waals surface area contributed by atoms with Crippen LogP contribution < -0.4 is 5.32 Å². The first-order chi connectivity index (χ1) is 9.62. The van der Waals surface area contributed by atoms with E-state index in [0.717, 1.165) is 28.4 Å². The molecule has 114 valence electrons. The minimum Gasteiger partial charge on any atom is -0.314 e. The van der Waals surface area contributed by atoms with Crippen LogP contribution >= 0.6 is 27.5 Å². The zero-order valence-corrected chi connectivity index (χ0v) is 15.2. The molecule has 20 heavy (non-hydrogen) atoms. The van der Waals surface area contributed by atoms with Gasteiger partial charge in [-0.05, 0) is 43.0 Å². The summed E-state index contributed by atoms with van der Waals surface area (Å²) in [7, 11) is 0. The number of unbranched alkanes of at least 4 members (excludes halogenated alkanes) is 1. The molecule has 2 atom stereocenters. The lowest BCUT2D eigenvalue weighted by Crippen LogP contribution is -2.38. The molecule has 1 aromatic carbocycles. The third-order valence-corrected chi connectivity index (χ3v) is 4.79. The van der Waals surface area contributed by atoms with Crippen LogP contribution in [0.1, 0.15) is 52.0 Å². The van der Waals surface area contributed by atoms with Gasteiger partial charge in [0, 0.05) is 15.5 Å². The van der Waals surface area contributed by atoms with Gasteiger partial charge in [-0.2, -0.15) is 0 Å². The van der Waals surface area contributed by atoms with Crippen LogP contribution in [0.15, 0.2) is 22.7 Å². The van der Waals surface area contributed by atoms with Crippen LogP contribution in [0.5, 0.6) is 0 Å². The molecule has 0 aliphatic rings. The van der Waals surface area contributed by atoms with Crippen molar-refractivity contribution >= 4 is 27.5 Å².